The van der Waals surface area contributed by atoms with Gasteiger partial charge in [-0.05, 0) is 54.0 Å². The lowest BCUT2D eigenvalue weighted by molar-refractivity contribution is 0.0906. The van der Waals surface area contributed by atoms with Crippen LogP contribution in [0.3, 0.4) is 0 Å². The minimum Gasteiger partial charge on any atom is -0.490 e. The molecule has 0 bridgehead atoms. The second kappa shape index (κ2) is 6.50. The molecular formula is C17H16BrNO4. The summed E-state index contributed by atoms with van der Waals surface area (Å²) in [6, 6.07) is 10.6. The molecule has 3 aromatic rings. The average Bonchev–Trinajstić information content (AvgIpc) is 3.14. The van der Waals surface area contributed by atoms with E-state index >= 15 is 0 Å². The quantitative estimate of drug-likeness (QED) is 0.700. The molecule has 0 fully saturated rings. The van der Waals surface area contributed by atoms with E-state index in [2.05, 4.69) is 21.2 Å². The van der Waals surface area contributed by atoms with E-state index < -0.39 is 0 Å². The Kier molecular flexibility index (Phi) is 4.43. The average molecular weight is 378 g/mol. The number of ether oxygens (including phenoxy) is 1. The number of carbonyl (C=O) groups is 1. The standard InChI is InChI=1S/C17H16BrNO4/c1-3-21-12-6-4-5-11-9-14(23-16(11)12)10(2)19-17(20)13-7-8-15(18)22-13/h4-10H,3H2,1-2H3,(H,19,20). The highest BCUT2D eigenvalue weighted by Crippen LogP contribution is 2.31. The van der Waals surface area contributed by atoms with E-state index in [1.54, 1.807) is 12.1 Å². The first-order chi connectivity index (χ1) is 11.1. The van der Waals surface area contributed by atoms with Crippen LogP contribution in [0.2, 0.25) is 0 Å². The normalized spacial score (nSPS) is 12.3. The topological polar surface area (TPSA) is 64.6 Å². The van der Waals surface area contributed by atoms with Gasteiger partial charge in [-0.25, -0.2) is 0 Å². The van der Waals surface area contributed by atoms with E-state index in [-0.39, 0.29) is 17.7 Å². The molecule has 1 unspecified atom stereocenters. The zero-order chi connectivity index (χ0) is 16.4. The van der Waals surface area contributed by atoms with Gasteiger partial charge < -0.3 is 18.9 Å². The number of nitrogens with one attached hydrogen (secondary N) is 1. The molecule has 3 rings (SSSR count). The van der Waals surface area contributed by atoms with Gasteiger partial charge in [-0.1, -0.05) is 12.1 Å². The fourth-order valence-corrected chi connectivity index (χ4v) is 2.62. The number of rotatable bonds is 5. The summed E-state index contributed by atoms with van der Waals surface area (Å²) in [5.74, 6) is 1.30. The number of furan rings is 2. The maximum absolute atomic E-state index is 12.1. The van der Waals surface area contributed by atoms with Gasteiger partial charge in [0.2, 0.25) is 0 Å². The lowest BCUT2D eigenvalue weighted by Gasteiger charge is -2.09. The van der Waals surface area contributed by atoms with E-state index in [4.69, 9.17) is 13.6 Å². The Balaban J connectivity index is 1.82. The molecule has 120 valence electrons. The zero-order valence-corrected chi connectivity index (χ0v) is 14.3. The Hall–Kier alpha value is -2.21. The van der Waals surface area contributed by atoms with Gasteiger partial charge in [-0.15, -0.1) is 0 Å². The van der Waals surface area contributed by atoms with Crippen molar-refractivity contribution in [2.45, 2.75) is 19.9 Å². The first kappa shape index (κ1) is 15.7. The van der Waals surface area contributed by atoms with Crippen LogP contribution in [0.25, 0.3) is 11.0 Å². The van der Waals surface area contributed by atoms with Crippen molar-refractivity contribution in [3.63, 3.8) is 0 Å². The van der Waals surface area contributed by atoms with Gasteiger partial charge in [0.25, 0.3) is 5.91 Å². The molecule has 23 heavy (non-hydrogen) atoms. The van der Waals surface area contributed by atoms with Crippen LogP contribution in [0.5, 0.6) is 5.75 Å². The summed E-state index contributed by atoms with van der Waals surface area (Å²) in [5.41, 5.74) is 0.686. The van der Waals surface area contributed by atoms with Gasteiger partial charge in [-0.2, -0.15) is 0 Å². The summed E-state index contributed by atoms with van der Waals surface area (Å²) < 4.78 is 17.2. The van der Waals surface area contributed by atoms with Crippen LogP contribution in [0.1, 0.15) is 36.2 Å². The maximum atomic E-state index is 12.1. The summed E-state index contributed by atoms with van der Waals surface area (Å²) in [7, 11) is 0. The molecule has 0 radical (unpaired) electrons. The van der Waals surface area contributed by atoms with Crippen molar-refractivity contribution >= 4 is 32.8 Å². The highest BCUT2D eigenvalue weighted by atomic mass is 79.9. The van der Waals surface area contributed by atoms with Crippen LogP contribution in [0.4, 0.5) is 0 Å². The molecule has 5 nitrogen and oxygen atoms in total. The van der Waals surface area contributed by atoms with Crippen LogP contribution in [-0.2, 0) is 0 Å². The Morgan fingerprint density at radius 2 is 2.13 bits per heavy atom. The van der Waals surface area contributed by atoms with Gasteiger partial charge in [0.1, 0.15) is 5.76 Å². The third kappa shape index (κ3) is 3.27. The smallest absolute Gasteiger partial charge is 0.287 e. The van der Waals surface area contributed by atoms with Crippen LogP contribution < -0.4 is 10.1 Å². The molecule has 2 aromatic heterocycles. The number of benzene rings is 1. The minimum atomic E-state index is -0.298. The summed E-state index contributed by atoms with van der Waals surface area (Å²) in [4.78, 5) is 12.1. The van der Waals surface area contributed by atoms with E-state index in [0.29, 0.717) is 28.4 Å². The van der Waals surface area contributed by atoms with Gasteiger partial charge in [0.05, 0.1) is 12.6 Å². The zero-order valence-electron chi connectivity index (χ0n) is 12.8. The number of amides is 1. The van der Waals surface area contributed by atoms with Gasteiger partial charge >= 0.3 is 0 Å². The van der Waals surface area contributed by atoms with E-state index in [0.717, 1.165) is 5.39 Å². The highest BCUT2D eigenvalue weighted by molar-refractivity contribution is 9.10. The predicted molar refractivity (Wildman–Crippen MR) is 89.7 cm³/mol. The van der Waals surface area contributed by atoms with Crippen LogP contribution >= 0.6 is 15.9 Å². The molecule has 2 heterocycles. The summed E-state index contributed by atoms with van der Waals surface area (Å²) in [6.07, 6.45) is 0. The monoisotopic (exact) mass is 377 g/mol. The van der Waals surface area contributed by atoms with Crippen molar-refractivity contribution in [3.8, 4) is 5.75 Å². The molecule has 0 spiro atoms. The third-order valence-electron chi connectivity index (χ3n) is 3.40. The van der Waals surface area contributed by atoms with Crippen LogP contribution in [0.15, 0.2) is 49.9 Å². The summed E-state index contributed by atoms with van der Waals surface area (Å²) >= 11 is 3.18. The van der Waals surface area contributed by atoms with E-state index in [9.17, 15) is 4.79 Å². The number of hydrogen-bond donors (Lipinski definition) is 1. The summed E-state index contributed by atoms with van der Waals surface area (Å²) in [6.45, 7) is 4.34. The number of fused-ring (bicyclic) bond motifs is 1. The van der Waals surface area contributed by atoms with Gasteiger partial charge in [0, 0.05) is 5.39 Å². The first-order valence-electron chi connectivity index (χ1n) is 7.30. The van der Waals surface area contributed by atoms with Crippen molar-refractivity contribution in [1.29, 1.82) is 0 Å². The van der Waals surface area contributed by atoms with Gasteiger partial charge in [-0.3, -0.25) is 4.79 Å². The Bertz CT molecular complexity index is 836. The number of para-hydroxylation sites is 1. The molecular weight excluding hydrogens is 362 g/mol. The molecule has 1 atom stereocenters. The number of halogens is 1. The Labute approximate surface area is 141 Å². The number of carbonyl (C=O) groups excluding carboxylic acids is 1. The van der Waals surface area contributed by atoms with Crippen LogP contribution in [-0.4, -0.2) is 12.5 Å². The lowest BCUT2D eigenvalue weighted by atomic mass is 10.2. The lowest BCUT2D eigenvalue weighted by Crippen LogP contribution is -2.25. The predicted octanol–water partition coefficient (Wildman–Crippen LogP) is 4.68. The fourth-order valence-electron chi connectivity index (χ4n) is 2.31. The van der Waals surface area contributed by atoms with E-state index in [1.807, 2.05) is 38.1 Å². The Morgan fingerprint density at radius 1 is 1.30 bits per heavy atom. The van der Waals surface area contributed by atoms with E-state index in [1.165, 1.54) is 0 Å². The highest BCUT2D eigenvalue weighted by Gasteiger charge is 2.18. The fraction of sp³-hybridized carbons (Fsp3) is 0.235. The molecule has 1 amide bonds. The second-order valence-corrected chi connectivity index (χ2v) is 5.84. The minimum absolute atomic E-state index is 0.245. The van der Waals surface area contributed by atoms with Crippen molar-refractivity contribution in [2.75, 3.05) is 6.61 Å². The van der Waals surface area contributed by atoms with Crippen molar-refractivity contribution in [3.05, 3.63) is 52.6 Å². The van der Waals surface area contributed by atoms with Crippen molar-refractivity contribution in [1.82, 2.24) is 5.32 Å². The third-order valence-corrected chi connectivity index (χ3v) is 3.82. The molecule has 1 aromatic carbocycles. The molecule has 0 saturated carbocycles. The van der Waals surface area contributed by atoms with Crippen LogP contribution in [0, 0.1) is 0 Å². The molecule has 0 aliphatic heterocycles. The number of hydrogen-bond acceptors (Lipinski definition) is 4. The SMILES string of the molecule is CCOc1cccc2cc(C(C)NC(=O)c3ccc(Br)o3)oc12. The summed E-state index contributed by atoms with van der Waals surface area (Å²) in [5, 5.41) is 3.79. The largest absolute Gasteiger partial charge is 0.490 e. The molecule has 0 aliphatic rings. The Morgan fingerprint density at radius 3 is 2.83 bits per heavy atom. The second-order valence-electron chi connectivity index (χ2n) is 5.06. The van der Waals surface area contributed by atoms with Crippen molar-refractivity contribution in [2.24, 2.45) is 0 Å². The molecule has 6 heteroatoms. The molecule has 0 saturated heterocycles. The van der Waals surface area contributed by atoms with Crippen molar-refractivity contribution < 1.29 is 18.4 Å². The molecule has 1 N–H and O–H groups in total. The first-order valence-corrected chi connectivity index (χ1v) is 8.09. The maximum Gasteiger partial charge on any atom is 0.287 e. The van der Waals surface area contributed by atoms with Gasteiger partial charge in [0.15, 0.2) is 21.8 Å². The molecule has 0 aliphatic carbocycles.